The van der Waals surface area contributed by atoms with E-state index in [-0.39, 0.29) is 5.56 Å². The van der Waals surface area contributed by atoms with E-state index in [4.69, 9.17) is 0 Å². The van der Waals surface area contributed by atoms with E-state index in [0.717, 1.165) is 14.8 Å². The summed E-state index contributed by atoms with van der Waals surface area (Å²) in [5.41, 5.74) is 3.17. The van der Waals surface area contributed by atoms with E-state index in [1.807, 2.05) is 0 Å². The van der Waals surface area contributed by atoms with Crippen molar-refractivity contribution < 1.29 is 0 Å². The molecule has 15 heavy (non-hydrogen) atoms. The highest BCUT2D eigenvalue weighted by atomic mass is 127. The molecule has 0 unspecified atom stereocenters. The first kappa shape index (κ1) is 10.5. The van der Waals surface area contributed by atoms with Gasteiger partial charge in [-0.15, -0.1) is 0 Å². The van der Waals surface area contributed by atoms with Gasteiger partial charge in [-0.3, -0.25) is 15.0 Å². The third kappa shape index (κ3) is 2.31. The van der Waals surface area contributed by atoms with Gasteiger partial charge in [0.1, 0.15) is 3.70 Å². The third-order valence-corrected chi connectivity index (χ3v) is 3.25. The van der Waals surface area contributed by atoms with Crippen LogP contribution in [0.5, 0.6) is 0 Å². The molecular formula is C11H11IN2O. The Balaban J connectivity index is 2.29. The molecule has 0 saturated carbocycles. The van der Waals surface area contributed by atoms with Gasteiger partial charge in [-0.2, -0.15) is 0 Å². The molecule has 3 nitrogen and oxygen atoms in total. The van der Waals surface area contributed by atoms with E-state index in [1.165, 1.54) is 5.56 Å². The fourth-order valence-corrected chi connectivity index (χ4v) is 2.00. The van der Waals surface area contributed by atoms with Crippen LogP contribution < -0.4 is 5.56 Å². The van der Waals surface area contributed by atoms with E-state index in [2.05, 4.69) is 64.0 Å². The van der Waals surface area contributed by atoms with Crippen LogP contribution in [0.25, 0.3) is 0 Å². The Morgan fingerprint density at radius 3 is 2.40 bits per heavy atom. The van der Waals surface area contributed by atoms with Crippen molar-refractivity contribution in [2.24, 2.45) is 0 Å². The second-order valence-electron chi connectivity index (χ2n) is 3.53. The molecule has 0 aliphatic heterocycles. The molecule has 0 fully saturated rings. The predicted molar refractivity (Wildman–Crippen MR) is 68.1 cm³/mol. The minimum absolute atomic E-state index is 0.0278. The summed E-state index contributed by atoms with van der Waals surface area (Å²) < 4.78 is 0.887. The van der Waals surface area contributed by atoms with Gasteiger partial charge in [0.2, 0.25) is 0 Å². The zero-order valence-corrected chi connectivity index (χ0v) is 10.5. The summed E-state index contributed by atoms with van der Waals surface area (Å²) in [6.45, 7) is 2.05. The van der Waals surface area contributed by atoms with Gasteiger partial charge in [0.15, 0.2) is 0 Å². The zero-order chi connectivity index (χ0) is 10.8. The SMILES string of the molecule is Cc1ccc(Cc2c(I)[nH][nH]c2=O)cc1. The summed E-state index contributed by atoms with van der Waals surface area (Å²) in [7, 11) is 0. The van der Waals surface area contributed by atoms with Crippen LogP contribution in [0.15, 0.2) is 29.1 Å². The Bertz CT molecular complexity index is 510. The molecule has 0 aliphatic rings. The molecule has 1 aromatic heterocycles. The predicted octanol–water partition coefficient (Wildman–Crippen LogP) is 2.21. The van der Waals surface area contributed by atoms with Gasteiger partial charge in [0.25, 0.3) is 5.56 Å². The number of H-pyrrole nitrogens is 2. The summed E-state index contributed by atoms with van der Waals surface area (Å²) in [6.07, 6.45) is 0.678. The van der Waals surface area contributed by atoms with E-state index >= 15 is 0 Å². The number of nitrogens with one attached hydrogen (secondary N) is 2. The number of benzene rings is 1. The van der Waals surface area contributed by atoms with E-state index in [1.54, 1.807) is 0 Å². The monoisotopic (exact) mass is 314 g/mol. The minimum atomic E-state index is -0.0278. The maximum absolute atomic E-state index is 11.4. The van der Waals surface area contributed by atoms with Crippen molar-refractivity contribution in [2.45, 2.75) is 13.3 Å². The fourth-order valence-electron chi connectivity index (χ4n) is 1.43. The van der Waals surface area contributed by atoms with E-state index in [0.29, 0.717) is 6.42 Å². The number of halogens is 1. The van der Waals surface area contributed by atoms with Crippen LogP contribution in [-0.2, 0) is 6.42 Å². The van der Waals surface area contributed by atoms with Crippen molar-refractivity contribution in [3.63, 3.8) is 0 Å². The van der Waals surface area contributed by atoms with Crippen LogP contribution in [0.2, 0.25) is 0 Å². The second kappa shape index (κ2) is 4.22. The first-order valence-electron chi connectivity index (χ1n) is 4.67. The molecule has 0 aliphatic carbocycles. The summed E-state index contributed by atoms with van der Waals surface area (Å²) in [6, 6.07) is 8.22. The molecule has 4 heteroatoms. The molecular weight excluding hydrogens is 303 g/mol. The van der Waals surface area contributed by atoms with Crippen LogP contribution in [0.3, 0.4) is 0 Å². The molecule has 78 valence electrons. The first-order valence-corrected chi connectivity index (χ1v) is 5.75. The summed E-state index contributed by atoms with van der Waals surface area (Å²) in [4.78, 5) is 11.4. The van der Waals surface area contributed by atoms with Gasteiger partial charge < -0.3 is 0 Å². The number of aryl methyl sites for hydroxylation is 1. The quantitative estimate of drug-likeness (QED) is 0.821. The molecule has 2 N–H and O–H groups in total. The lowest BCUT2D eigenvalue weighted by Crippen LogP contribution is -2.06. The second-order valence-corrected chi connectivity index (χ2v) is 4.61. The fraction of sp³-hybridized carbons (Fsp3) is 0.182. The molecule has 0 amide bonds. The average molecular weight is 314 g/mol. The highest BCUT2D eigenvalue weighted by molar-refractivity contribution is 14.1. The molecule has 0 spiro atoms. The Kier molecular flexibility index (Phi) is 2.95. The standard InChI is InChI=1S/C11H11IN2O/c1-7-2-4-8(5-3-7)6-9-10(12)13-14-11(9)15/h2-5H,6H2,1H3,(H2,13,14,15). The Morgan fingerprint density at radius 2 is 1.87 bits per heavy atom. The van der Waals surface area contributed by atoms with Gasteiger partial charge in [0.05, 0.1) is 5.56 Å². The summed E-state index contributed by atoms with van der Waals surface area (Å²) in [5, 5.41) is 5.40. The van der Waals surface area contributed by atoms with Crippen LogP contribution >= 0.6 is 22.6 Å². The molecule has 2 rings (SSSR count). The highest BCUT2D eigenvalue weighted by Crippen LogP contribution is 2.11. The van der Waals surface area contributed by atoms with E-state index in [9.17, 15) is 4.79 Å². The number of hydrogen-bond donors (Lipinski definition) is 2. The van der Waals surface area contributed by atoms with Crippen molar-refractivity contribution in [1.29, 1.82) is 0 Å². The van der Waals surface area contributed by atoms with Crippen molar-refractivity contribution >= 4 is 22.6 Å². The number of hydrogen-bond acceptors (Lipinski definition) is 1. The van der Waals surface area contributed by atoms with E-state index < -0.39 is 0 Å². The largest absolute Gasteiger partial charge is 0.292 e. The Morgan fingerprint density at radius 1 is 1.20 bits per heavy atom. The maximum atomic E-state index is 11.4. The Hall–Kier alpha value is -1.04. The minimum Gasteiger partial charge on any atom is -0.292 e. The van der Waals surface area contributed by atoms with Crippen molar-refractivity contribution in [1.82, 2.24) is 10.2 Å². The lowest BCUT2D eigenvalue weighted by atomic mass is 10.1. The molecule has 1 heterocycles. The lowest BCUT2D eigenvalue weighted by Gasteiger charge is -1.99. The van der Waals surface area contributed by atoms with Gasteiger partial charge >= 0.3 is 0 Å². The zero-order valence-electron chi connectivity index (χ0n) is 8.30. The molecule has 0 saturated heterocycles. The smallest absolute Gasteiger partial charge is 0.268 e. The number of aromatic amines is 2. The molecule has 0 radical (unpaired) electrons. The average Bonchev–Trinajstić information content (AvgIpc) is 2.53. The highest BCUT2D eigenvalue weighted by Gasteiger charge is 2.07. The topological polar surface area (TPSA) is 48.6 Å². The maximum Gasteiger partial charge on any atom is 0.268 e. The molecule has 1 aromatic carbocycles. The molecule has 0 atom stereocenters. The molecule has 2 aromatic rings. The lowest BCUT2D eigenvalue weighted by molar-refractivity contribution is 1.04. The third-order valence-electron chi connectivity index (χ3n) is 2.33. The van der Waals surface area contributed by atoms with Crippen LogP contribution in [0.1, 0.15) is 16.7 Å². The van der Waals surface area contributed by atoms with Crippen molar-refractivity contribution in [3.8, 4) is 0 Å². The summed E-state index contributed by atoms with van der Waals surface area (Å²) >= 11 is 2.13. The van der Waals surface area contributed by atoms with Crippen molar-refractivity contribution in [2.75, 3.05) is 0 Å². The first-order chi connectivity index (χ1) is 7.16. The van der Waals surface area contributed by atoms with Crippen LogP contribution in [0, 0.1) is 10.6 Å². The number of rotatable bonds is 2. The van der Waals surface area contributed by atoms with Crippen LogP contribution in [-0.4, -0.2) is 10.2 Å². The van der Waals surface area contributed by atoms with Gasteiger partial charge in [-0.1, -0.05) is 29.8 Å². The van der Waals surface area contributed by atoms with Crippen LogP contribution in [0.4, 0.5) is 0 Å². The Labute approximate surface area is 101 Å². The van der Waals surface area contributed by atoms with Gasteiger partial charge in [-0.25, -0.2) is 0 Å². The molecule has 0 bridgehead atoms. The van der Waals surface area contributed by atoms with Gasteiger partial charge in [0, 0.05) is 6.42 Å². The van der Waals surface area contributed by atoms with Gasteiger partial charge in [-0.05, 0) is 35.1 Å². The normalized spacial score (nSPS) is 10.5. The van der Waals surface area contributed by atoms with Crippen molar-refractivity contribution in [3.05, 3.63) is 55.0 Å². The summed E-state index contributed by atoms with van der Waals surface area (Å²) in [5.74, 6) is 0. The number of aromatic nitrogens is 2.